The zero-order valence-electron chi connectivity index (χ0n) is 18.1. The van der Waals surface area contributed by atoms with Crippen LogP contribution in [-0.4, -0.2) is 39.5 Å². The van der Waals surface area contributed by atoms with E-state index in [0.717, 1.165) is 4.31 Å². The topological polar surface area (TPSA) is 102 Å². The number of hydrogen-bond donors (Lipinski definition) is 1. The maximum absolute atomic E-state index is 13.4. The highest BCUT2D eigenvalue weighted by atomic mass is 35.5. The highest BCUT2D eigenvalue weighted by Gasteiger charge is 2.37. The van der Waals surface area contributed by atoms with Crippen molar-refractivity contribution in [3.8, 4) is 5.75 Å². The number of amides is 1. The van der Waals surface area contributed by atoms with Gasteiger partial charge in [-0.05, 0) is 55.5 Å². The number of nitrogens with zero attached hydrogens (tertiary/aromatic N) is 1. The molecule has 1 atom stereocenters. The van der Waals surface area contributed by atoms with Crippen LogP contribution in [0.1, 0.15) is 17.3 Å². The van der Waals surface area contributed by atoms with Crippen molar-refractivity contribution in [3.05, 3.63) is 83.4 Å². The number of anilines is 2. The Morgan fingerprint density at radius 1 is 1.06 bits per heavy atom. The smallest absolute Gasteiger partial charge is 0.340 e. The van der Waals surface area contributed by atoms with Crippen molar-refractivity contribution < 1.29 is 27.5 Å². The molecule has 0 fully saturated rings. The fourth-order valence-corrected chi connectivity index (χ4v) is 5.09. The van der Waals surface area contributed by atoms with Crippen LogP contribution in [0.4, 0.5) is 11.4 Å². The van der Waals surface area contributed by atoms with Crippen LogP contribution < -0.4 is 14.4 Å². The maximum Gasteiger partial charge on any atom is 0.340 e. The normalized spacial score (nSPS) is 15.1. The zero-order valence-corrected chi connectivity index (χ0v) is 19.7. The van der Waals surface area contributed by atoms with Crippen LogP contribution >= 0.6 is 11.6 Å². The van der Waals surface area contributed by atoms with Gasteiger partial charge in [-0.3, -0.25) is 9.10 Å². The molecule has 3 aromatic rings. The molecule has 0 bridgehead atoms. The number of halogens is 1. The number of hydrogen-bond acceptors (Lipinski definition) is 6. The fourth-order valence-electron chi connectivity index (χ4n) is 3.49. The Hall–Kier alpha value is -3.56. The summed E-state index contributed by atoms with van der Waals surface area (Å²) in [5.41, 5.74) is 0.730. The second-order valence-corrected chi connectivity index (χ2v) is 9.62. The van der Waals surface area contributed by atoms with Gasteiger partial charge in [0.1, 0.15) is 5.75 Å². The van der Waals surface area contributed by atoms with Crippen LogP contribution in [-0.2, 0) is 19.6 Å². The van der Waals surface area contributed by atoms with Crippen molar-refractivity contribution in [3.63, 3.8) is 0 Å². The largest absolute Gasteiger partial charge is 0.476 e. The summed E-state index contributed by atoms with van der Waals surface area (Å²) in [5, 5.41) is 3.07. The first-order valence-corrected chi connectivity index (χ1v) is 12.2. The molecule has 0 saturated carbocycles. The summed E-state index contributed by atoms with van der Waals surface area (Å²) < 4.78 is 38.9. The van der Waals surface area contributed by atoms with Gasteiger partial charge < -0.3 is 14.8 Å². The Bertz CT molecular complexity index is 1330. The molecule has 10 heteroatoms. The zero-order chi connectivity index (χ0) is 24.3. The molecule has 1 unspecified atom stereocenters. The van der Waals surface area contributed by atoms with E-state index in [0.29, 0.717) is 10.7 Å². The molecule has 1 aliphatic rings. The average Bonchev–Trinajstić information content (AvgIpc) is 2.84. The van der Waals surface area contributed by atoms with Crippen molar-refractivity contribution in [2.24, 2.45) is 0 Å². The van der Waals surface area contributed by atoms with Gasteiger partial charge in [0.2, 0.25) is 0 Å². The van der Waals surface area contributed by atoms with Gasteiger partial charge in [-0.2, -0.15) is 0 Å². The van der Waals surface area contributed by atoms with Gasteiger partial charge in [-0.15, -0.1) is 0 Å². The molecule has 0 spiro atoms. The van der Waals surface area contributed by atoms with Gasteiger partial charge >= 0.3 is 5.97 Å². The van der Waals surface area contributed by atoms with Gasteiger partial charge in [0.15, 0.2) is 6.10 Å². The molecule has 0 aliphatic carbocycles. The lowest BCUT2D eigenvalue weighted by atomic mass is 10.1. The second kappa shape index (κ2) is 9.74. The number of carbonyl (C=O) groups is 2. The number of para-hydroxylation sites is 3. The lowest BCUT2D eigenvalue weighted by Gasteiger charge is -2.34. The molecule has 0 saturated heterocycles. The molecular weight excluding hydrogens is 480 g/mol. The monoisotopic (exact) mass is 500 g/mol. The number of ether oxygens (including phenoxy) is 2. The average molecular weight is 501 g/mol. The number of nitrogens with one attached hydrogen (secondary N) is 1. The van der Waals surface area contributed by atoms with Gasteiger partial charge in [-0.1, -0.05) is 35.9 Å². The highest BCUT2D eigenvalue weighted by Crippen LogP contribution is 2.37. The summed E-state index contributed by atoms with van der Waals surface area (Å²) in [7, 11) is -4.02. The molecule has 8 nitrogen and oxygen atoms in total. The summed E-state index contributed by atoms with van der Waals surface area (Å²) in [6.45, 7) is 1.60. The Morgan fingerprint density at radius 3 is 2.47 bits per heavy atom. The fraction of sp³-hybridized carbons (Fsp3) is 0.167. The van der Waals surface area contributed by atoms with Crippen molar-refractivity contribution >= 4 is 44.9 Å². The molecule has 176 valence electrons. The third-order valence-corrected chi connectivity index (χ3v) is 7.16. The van der Waals surface area contributed by atoms with E-state index in [1.54, 1.807) is 49.4 Å². The number of sulfonamides is 1. The Labute approximate surface area is 202 Å². The SMILES string of the molecule is CCOC(=O)c1ccccc1NC(=O)C1CN(S(=O)(=O)c2ccc(Cl)cc2)c2ccccc2O1. The van der Waals surface area contributed by atoms with E-state index in [1.165, 1.54) is 30.3 Å². The molecule has 1 heterocycles. The minimum absolute atomic E-state index is 0.0282. The van der Waals surface area contributed by atoms with Crippen molar-refractivity contribution in [2.75, 3.05) is 22.8 Å². The van der Waals surface area contributed by atoms with Crippen LogP contribution in [0.15, 0.2) is 77.7 Å². The van der Waals surface area contributed by atoms with Crippen LogP contribution in [0.2, 0.25) is 5.02 Å². The molecule has 1 N–H and O–H groups in total. The Morgan fingerprint density at radius 2 is 1.74 bits per heavy atom. The lowest BCUT2D eigenvalue weighted by Crippen LogP contribution is -2.48. The van der Waals surface area contributed by atoms with Gasteiger partial charge in [0.25, 0.3) is 15.9 Å². The maximum atomic E-state index is 13.4. The Kier molecular flexibility index (Phi) is 6.76. The molecule has 1 aliphatic heterocycles. The third kappa shape index (κ3) is 4.71. The molecule has 3 aromatic carbocycles. The van der Waals surface area contributed by atoms with Gasteiger partial charge in [0.05, 0.1) is 35.0 Å². The van der Waals surface area contributed by atoms with E-state index in [1.807, 2.05) is 0 Å². The number of fused-ring (bicyclic) bond motifs is 1. The van der Waals surface area contributed by atoms with Crippen molar-refractivity contribution in [1.82, 2.24) is 0 Å². The first-order chi connectivity index (χ1) is 16.3. The number of benzene rings is 3. The first-order valence-electron chi connectivity index (χ1n) is 10.4. The quantitative estimate of drug-likeness (QED) is 0.511. The van der Waals surface area contributed by atoms with E-state index in [-0.39, 0.29) is 35.0 Å². The lowest BCUT2D eigenvalue weighted by molar-refractivity contribution is -0.122. The van der Waals surface area contributed by atoms with E-state index in [4.69, 9.17) is 21.1 Å². The van der Waals surface area contributed by atoms with Crippen LogP contribution in [0.5, 0.6) is 5.75 Å². The molecule has 4 rings (SSSR count). The second-order valence-electron chi connectivity index (χ2n) is 7.32. The minimum Gasteiger partial charge on any atom is -0.476 e. The molecule has 1 amide bonds. The predicted molar refractivity (Wildman–Crippen MR) is 128 cm³/mol. The van der Waals surface area contributed by atoms with E-state index in [9.17, 15) is 18.0 Å². The molecular formula is C24H21ClN2O6S. The van der Waals surface area contributed by atoms with E-state index < -0.39 is 28.0 Å². The summed E-state index contributed by atoms with van der Waals surface area (Å²) >= 11 is 5.91. The van der Waals surface area contributed by atoms with Crippen LogP contribution in [0.25, 0.3) is 0 Å². The van der Waals surface area contributed by atoms with Crippen molar-refractivity contribution in [2.45, 2.75) is 17.9 Å². The predicted octanol–water partition coefficient (Wildman–Crippen LogP) is 4.11. The van der Waals surface area contributed by atoms with E-state index >= 15 is 0 Å². The van der Waals surface area contributed by atoms with Gasteiger partial charge in [0, 0.05) is 5.02 Å². The van der Waals surface area contributed by atoms with Gasteiger partial charge in [-0.25, -0.2) is 13.2 Å². The summed E-state index contributed by atoms with van der Waals surface area (Å²) in [4.78, 5) is 25.4. The summed E-state index contributed by atoms with van der Waals surface area (Å²) in [6, 6.07) is 18.7. The summed E-state index contributed by atoms with van der Waals surface area (Å²) in [6.07, 6.45) is -1.17. The van der Waals surface area contributed by atoms with E-state index in [2.05, 4.69) is 5.32 Å². The van der Waals surface area contributed by atoms with Crippen molar-refractivity contribution in [1.29, 1.82) is 0 Å². The molecule has 0 radical (unpaired) electrons. The number of carbonyl (C=O) groups excluding carboxylic acids is 2. The first kappa shape index (κ1) is 23.6. The number of rotatable bonds is 6. The summed E-state index contributed by atoms with van der Waals surface area (Å²) in [5.74, 6) is -0.951. The number of esters is 1. The molecule has 0 aromatic heterocycles. The highest BCUT2D eigenvalue weighted by molar-refractivity contribution is 7.92. The standard InChI is InChI=1S/C24H21ClN2O6S/c1-2-32-24(29)18-7-3-4-8-19(18)26-23(28)22-15-27(20-9-5-6-10-21(20)33-22)34(30,31)17-13-11-16(25)12-14-17/h3-14,22H,2,15H2,1H3,(H,26,28). The minimum atomic E-state index is -4.02. The van der Waals surface area contributed by atoms with Crippen LogP contribution in [0, 0.1) is 0 Å². The Balaban J connectivity index is 1.65. The molecule has 34 heavy (non-hydrogen) atoms. The third-order valence-electron chi connectivity index (χ3n) is 5.11. The van der Waals surface area contributed by atoms with Crippen LogP contribution in [0.3, 0.4) is 0 Å².